The van der Waals surface area contributed by atoms with Gasteiger partial charge in [0.1, 0.15) is 6.07 Å². The first-order valence-corrected chi connectivity index (χ1v) is 7.69. The molecule has 24 heavy (non-hydrogen) atoms. The summed E-state index contributed by atoms with van der Waals surface area (Å²) in [5, 5.41) is 16.0. The van der Waals surface area contributed by atoms with Crippen LogP contribution in [-0.4, -0.2) is 9.97 Å². The van der Waals surface area contributed by atoms with Gasteiger partial charge in [0.25, 0.3) is 0 Å². The van der Waals surface area contributed by atoms with Crippen molar-refractivity contribution in [1.82, 2.24) is 9.97 Å². The van der Waals surface area contributed by atoms with E-state index in [1.807, 2.05) is 48.5 Å². The van der Waals surface area contributed by atoms with E-state index in [9.17, 15) is 0 Å². The number of halogens is 1. The van der Waals surface area contributed by atoms with Gasteiger partial charge in [-0.05, 0) is 23.8 Å². The second-order valence-electron chi connectivity index (χ2n) is 5.02. The van der Waals surface area contributed by atoms with Crippen LogP contribution in [0, 0.1) is 11.3 Å². The Bertz CT molecular complexity index is 874. The van der Waals surface area contributed by atoms with Gasteiger partial charge in [0.05, 0.1) is 10.7 Å². The highest BCUT2D eigenvalue weighted by molar-refractivity contribution is 6.33. The number of benzene rings is 2. The lowest BCUT2D eigenvalue weighted by molar-refractivity contribution is 1.15. The molecule has 0 unspecified atom stereocenters. The van der Waals surface area contributed by atoms with Gasteiger partial charge < -0.3 is 10.6 Å². The summed E-state index contributed by atoms with van der Waals surface area (Å²) >= 11 is 6.33. The van der Waals surface area contributed by atoms with Crippen molar-refractivity contribution < 1.29 is 0 Å². The standard InChI is InChI=1S/C18H14ClN5/c19-15-10-14(24-18-17(11-20)21-8-9-22-18)6-7-16(15)23-12-13-4-2-1-3-5-13/h1-10,23H,12H2,(H,22,24). The van der Waals surface area contributed by atoms with E-state index in [0.29, 0.717) is 17.4 Å². The Kier molecular flexibility index (Phi) is 4.90. The molecule has 0 saturated carbocycles. The van der Waals surface area contributed by atoms with Gasteiger partial charge in [0, 0.05) is 24.6 Å². The molecule has 6 heteroatoms. The van der Waals surface area contributed by atoms with Crippen molar-refractivity contribution in [3.63, 3.8) is 0 Å². The number of nitrogens with one attached hydrogen (secondary N) is 2. The molecule has 3 rings (SSSR count). The molecule has 0 amide bonds. The SMILES string of the molecule is N#Cc1nccnc1Nc1ccc(NCc2ccccc2)c(Cl)c1. The normalized spacial score (nSPS) is 10.0. The van der Waals surface area contributed by atoms with Gasteiger partial charge in [0.15, 0.2) is 11.5 Å². The second kappa shape index (κ2) is 7.44. The summed E-state index contributed by atoms with van der Waals surface area (Å²) in [7, 11) is 0. The fourth-order valence-electron chi connectivity index (χ4n) is 2.18. The van der Waals surface area contributed by atoms with Crippen LogP contribution in [0.25, 0.3) is 0 Å². The molecule has 0 fully saturated rings. The number of aromatic nitrogens is 2. The van der Waals surface area contributed by atoms with Crippen LogP contribution in [0.1, 0.15) is 11.3 Å². The third-order valence-electron chi connectivity index (χ3n) is 3.36. The maximum Gasteiger partial charge on any atom is 0.183 e. The Morgan fingerprint density at radius 3 is 2.58 bits per heavy atom. The predicted octanol–water partition coefficient (Wildman–Crippen LogP) is 4.36. The highest BCUT2D eigenvalue weighted by Gasteiger charge is 2.06. The molecular weight excluding hydrogens is 322 g/mol. The third kappa shape index (κ3) is 3.80. The number of rotatable bonds is 5. The lowest BCUT2D eigenvalue weighted by atomic mass is 10.2. The molecule has 0 aliphatic heterocycles. The molecule has 0 aliphatic rings. The van der Waals surface area contributed by atoms with Crippen molar-refractivity contribution in [3.05, 3.63) is 77.2 Å². The van der Waals surface area contributed by atoms with Gasteiger partial charge in [-0.25, -0.2) is 9.97 Å². The van der Waals surface area contributed by atoms with Crippen molar-refractivity contribution >= 4 is 28.8 Å². The van der Waals surface area contributed by atoms with E-state index in [4.69, 9.17) is 16.9 Å². The van der Waals surface area contributed by atoms with Crippen LogP contribution < -0.4 is 10.6 Å². The molecule has 1 aromatic heterocycles. The van der Waals surface area contributed by atoms with E-state index < -0.39 is 0 Å². The van der Waals surface area contributed by atoms with Crippen LogP contribution in [0.2, 0.25) is 5.02 Å². The highest BCUT2D eigenvalue weighted by atomic mass is 35.5. The average molecular weight is 336 g/mol. The van der Waals surface area contributed by atoms with Crippen molar-refractivity contribution in [2.24, 2.45) is 0 Å². The number of nitrogens with zero attached hydrogens (tertiary/aromatic N) is 3. The predicted molar refractivity (Wildman–Crippen MR) is 95.3 cm³/mol. The summed E-state index contributed by atoms with van der Waals surface area (Å²) in [6.45, 7) is 0.691. The lowest BCUT2D eigenvalue weighted by Gasteiger charge is -2.11. The Labute approximate surface area is 145 Å². The average Bonchev–Trinajstić information content (AvgIpc) is 2.62. The minimum absolute atomic E-state index is 0.236. The first-order valence-electron chi connectivity index (χ1n) is 7.32. The minimum atomic E-state index is 0.236. The molecule has 1 heterocycles. The van der Waals surface area contributed by atoms with Crippen molar-refractivity contribution in [2.45, 2.75) is 6.54 Å². The van der Waals surface area contributed by atoms with Gasteiger partial charge in [-0.2, -0.15) is 5.26 Å². The smallest absolute Gasteiger partial charge is 0.183 e. The van der Waals surface area contributed by atoms with Gasteiger partial charge in [0.2, 0.25) is 0 Å². The molecule has 0 saturated heterocycles. The maximum absolute atomic E-state index is 9.04. The molecule has 118 valence electrons. The molecule has 5 nitrogen and oxygen atoms in total. The van der Waals surface area contributed by atoms with Crippen LogP contribution in [-0.2, 0) is 6.54 Å². The fraction of sp³-hybridized carbons (Fsp3) is 0.0556. The molecule has 2 N–H and O–H groups in total. The third-order valence-corrected chi connectivity index (χ3v) is 3.67. The topological polar surface area (TPSA) is 73.6 Å². The molecule has 3 aromatic rings. The zero-order valence-corrected chi connectivity index (χ0v) is 13.5. The van der Waals surface area contributed by atoms with E-state index in [1.54, 1.807) is 6.07 Å². The van der Waals surface area contributed by atoms with Crippen LogP contribution in [0.5, 0.6) is 0 Å². The van der Waals surface area contributed by atoms with Crippen LogP contribution >= 0.6 is 11.6 Å². The number of nitriles is 1. The summed E-state index contributed by atoms with van der Waals surface area (Å²) in [6, 6.07) is 17.6. The Morgan fingerprint density at radius 1 is 1.04 bits per heavy atom. The van der Waals surface area contributed by atoms with Crippen molar-refractivity contribution in [1.29, 1.82) is 5.26 Å². The lowest BCUT2D eigenvalue weighted by Crippen LogP contribution is -2.01. The Hall–Kier alpha value is -3.10. The largest absolute Gasteiger partial charge is 0.380 e. The number of hydrogen-bond acceptors (Lipinski definition) is 5. The van der Waals surface area contributed by atoms with Crippen molar-refractivity contribution in [2.75, 3.05) is 10.6 Å². The van der Waals surface area contributed by atoms with Gasteiger partial charge in [-0.3, -0.25) is 0 Å². The number of anilines is 3. The van der Waals surface area contributed by atoms with E-state index in [0.717, 1.165) is 11.4 Å². The summed E-state index contributed by atoms with van der Waals surface area (Å²) in [4.78, 5) is 8.08. The van der Waals surface area contributed by atoms with Crippen LogP contribution in [0.3, 0.4) is 0 Å². The zero-order valence-electron chi connectivity index (χ0n) is 12.7. The number of hydrogen-bond donors (Lipinski definition) is 2. The molecule has 0 spiro atoms. The first-order chi connectivity index (χ1) is 11.8. The van der Waals surface area contributed by atoms with Crippen LogP contribution in [0.15, 0.2) is 60.9 Å². The van der Waals surface area contributed by atoms with E-state index in [-0.39, 0.29) is 5.69 Å². The molecule has 0 radical (unpaired) electrons. The summed E-state index contributed by atoms with van der Waals surface area (Å²) in [5.41, 5.74) is 2.99. The maximum atomic E-state index is 9.04. The Morgan fingerprint density at radius 2 is 1.83 bits per heavy atom. The van der Waals surface area contributed by atoms with Crippen LogP contribution in [0.4, 0.5) is 17.2 Å². The quantitative estimate of drug-likeness (QED) is 0.724. The molecule has 2 aromatic carbocycles. The molecular formula is C18H14ClN5. The van der Waals surface area contributed by atoms with E-state index in [1.165, 1.54) is 18.0 Å². The molecule has 0 bridgehead atoms. The Balaban J connectivity index is 1.72. The monoisotopic (exact) mass is 335 g/mol. The second-order valence-corrected chi connectivity index (χ2v) is 5.43. The molecule has 0 atom stereocenters. The summed E-state index contributed by atoms with van der Waals surface area (Å²) in [5.74, 6) is 0.404. The van der Waals surface area contributed by atoms with Gasteiger partial charge in [-0.15, -0.1) is 0 Å². The summed E-state index contributed by atoms with van der Waals surface area (Å²) in [6.07, 6.45) is 3.01. The minimum Gasteiger partial charge on any atom is -0.380 e. The summed E-state index contributed by atoms with van der Waals surface area (Å²) < 4.78 is 0. The fourth-order valence-corrected chi connectivity index (χ4v) is 2.42. The van der Waals surface area contributed by atoms with E-state index in [2.05, 4.69) is 20.6 Å². The van der Waals surface area contributed by atoms with Gasteiger partial charge >= 0.3 is 0 Å². The van der Waals surface area contributed by atoms with Gasteiger partial charge in [-0.1, -0.05) is 41.9 Å². The first kappa shape index (κ1) is 15.8. The molecule has 0 aliphatic carbocycles. The van der Waals surface area contributed by atoms with E-state index >= 15 is 0 Å². The zero-order chi connectivity index (χ0) is 16.8. The highest BCUT2D eigenvalue weighted by Crippen LogP contribution is 2.27. The van der Waals surface area contributed by atoms with Crippen molar-refractivity contribution in [3.8, 4) is 6.07 Å².